The Bertz CT molecular complexity index is 971. The molecule has 0 saturated heterocycles. The fourth-order valence-corrected chi connectivity index (χ4v) is 4.40. The molecule has 1 atom stereocenters. The first-order chi connectivity index (χ1) is 13.1. The Morgan fingerprint density at radius 2 is 1.71 bits per heavy atom. The van der Waals surface area contributed by atoms with Crippen LogP contribution in [-0.4, -0.2) is 25.3 Å². The SMILES string of the molecule is CCS(=O)(=O)N[C@H]1Cc2ccc(Cc3cc(CO)cc(C(F)(F)F)c3)cc2C1. The van der Waals surface area contributed by atoms with Crippen molar-refractivity contribution in [3.63, 3.8) is 0 Å². The second-order valence-electron chi connectivity index (χ2n) is 7.10. The molecule has 8 heteroatoms. The van der Waals surface area contributed by atoms with Crippen LogP contribution in [0, 0.1) is 0 Å². The highest BCUT2D eigenvalue weighted by Gasteiger charge is 2.31. The number of sulfonamides is 1. The van der Waals surface area contributed by atoms with E-state index in [1.165, 1.54) is 0 Å². The number of rotatable bonds is 6. The third-order valence-electron chi connectivity index (χ3n) is 4.90. The molecular formula is C20H22F3NO3S. The Labute approximate surface area is 162 Å². The van der Waals surface area contributed by atoms with Gasteiger partial charge in [-0.25, -0.2) is 13.1 Å². The van der Waals surface area contributed by atoms with Gasteiger partial charge in [-0.15, -0.1) is 0 Å². The molecule has 2 aromatic carbocycles. The summed E-state index contributed by atoms with van der Waals surface area (Å²) in [5, 5.41) is 9.26. The number of benzene rings is 2. The van der Waals surface area contributed by atoms with Crippen LogP contribution in [0.4, 0.5) is 13.2 Å². The van der Waals surface area contributed by atoms with Crippen LogP contribution in [0.5, 0.6) is 0 Å². The lowest BCUT2D eigenvalue weighted by Gasteiger charge is -2.12. The Balaban J connectivity index is 1.80. The van der Waals surface area contributed by atoms with Crippen molar-refractivity contribution in [2.45, 2.75) is 45.0 Å². The standard InChI is InChI=1S/C20H22F3NO3S/c1-2-28(26,27)24-19-10-16-4-3-13(7-17(16)11-19)5-14-6-15(12-25)9-18(8-14)20(21,22)23/h3-4,6-9,19,24-25H,2,5,10-12H2,1H3/t19-/m0/s1. The van der Waals surface area contributed by atoms with E-state index in [0.717, 1.165) is 28.8 Å². The molecule has 2 N–H and O–H groups in total. The smallest absolute Gasteiger partial charge is 0.392 e. The van der Waals surface area contributed by atoms with E-state index in [1.54, 1.807) is 13.0 Å². The second kappa shape index (κ2) is 7.85. The van der Waals surface area contributed by atoms with Crippen LogP contribution in [0.25, 0.3) is 0 Å². The lowest BCUT2D eigenvalue weighted by Crippen LogP contribution is -2.36. The number of fused-ring (bicyclic) bond motifs is 1. The van der Waals surface area contributed by atoms with Gasteiger partial charge in [-0.05, 0) is 66.1 Å². The molecule has 0 aliphatic heterocycles. The minimum absolute atomic E-state index is 0.0217. The predicted molar refractivity (Wildman–Crippen MR) is 100 cm³/mol. The van der Waals surface area contributed by atoms with Crippen molar-refractivity contribution in [3.05, 3.63) is 69.8 Å². The van der Waals surface area contributed by atoms with Gasteiger partial charge in [0.05, 0.1) is 17.9 Å². The maximum atomic E-state index is 13.1. The molecule has 0 spiro atoms. The summed E-state index contributed by atoms with van der Waals surface area (Å²) in [6, 6.07) is 9.13. The Morgan fingerprint density at radius 1 is 1.04 bits per heavy atom. The van der Waals surface area contributed by atoms with Gasteiger partial charge in [-0.2, -0.15) is 13.2 Å². The van der Waals surface area contributed by atoms with Crippen LogP contribution in [0.3, 0.4) is 0 Å². The highest BCUT2D eigenvalue weighted by atomic mass is 32.2. The van der Waals surface area contributed by atoms with Gasteiger partial charge in [0, 0.05) is 6.04 Å². The molecule has 152 valence electrons. The summed E-state index contributed by atoms with van der Waals surface area (Å²) in [7, 11) is -3.29. The Kier molecular flexibility index (Phi) is 5.84. The molecule has 2 aromatic rings. The number of hydrogen-bond acceptors (Lipinski definition) is 3. The third kappa shape index (κ3) is 4.92. The monoisotopic (exact) mass is 413 g/mol. The molecule has 0 radical (unpaired) electrons. The van der Waals surface area contributed by atoms with E-state index in [4.69, 9.17) is 0 Å². The van der Waals surface area contributed by atoms with Crippen LogP contribution in [0.15, 0.2) is 36.4 Å². The van der Waals surface area contributed by atoms with Gasteiger partial charge >= 0.3 is 6.18 Å². The zero-order chi connectivity index (χ0) is 20.5. The van der Waals surface area contributed by atoms with Crippen LogP contribution >= 0.6 is 0 Å². The van der Waals surface area contributed by atoms with E-state index in [1.807, 2.05) is 18.2 Å². The molecule has 0 heterocycles. The number of halogens is 3. The highest BCUT2D eigenvalue weighted by molar-refractivity contribution is 7.89. The number of aliphatic hydroxyl groups excluding tert-OH is 1. The third-order valence-corrected chi connectivity index (χ3v) is 6.35. The topological polar surface area (TPSA) is 66.4 Å². The highest BCUT2D eigenvalue weighted by Crippen LogP contribution is 2.32. The first kappa shape index (κ1) is 20.8. The van der Waals surface area contributed by atoms with Gasteiger partial charge in [0.25, 0.3) is 0 Å². The van der Waals surface area contributed by atoms with E-state index in [-0.39, 0.29) is 17.4 Å². The summed E-state index contributed by atoms with van der Waals surface area (Å²) < 4.78 is 65.4. The van der Waals surface area contributed by atoms with Crippen LogP contribution in [-0.2, 0) is 42.1 Å². The van der Waals surface area contributed by atoms with Crippen molar-refractivity contribution in [2.75, 3.05) is 5.75 Å². The van der Waals surface area contributed by atoms with Crippen LogP contribution < -0.4 is 4.72 Å². The van der Waals surface area contributed by atoms with Crippen LogP contribution in [0.2, 0.25) is 0 Å². The maximum absolute atomic E-state index is 13.1. The first-order valence-corrected chi connectivity index (χ1v) is 10.7. The molecule has 0 unspecified atom stereocenters. The first-order valence-electron chi connectivity index (χ1n) is 9.01. The molecule has 0 fully saturated rings. The molecule has 1 aliphatic rings. The van der Waals surface area contributed by atoms with Crippen molar-refractivity contribution in [3.8, 4) is 0 Å². The van der Waals surface area contributed by atoms with E-state index < -0.39 is 28.4 Å². The van der Waals surface area contributed by atoms with Gasteiger partial charge in [0.2, 0.25) is 10.0 Å². The number of hydrogen-bond donors (Lipinski definition) is 2. The molecule has 0 bridgehead atoms. The molecule has 4 nitrogen and oxygen atoms in total. The Hall–Kier alpha value is -1.90. The summed E-state index contributed by atoms with van der Waals surface area (Å²) in [6.07, 6.45) is -3.00. The largest absolute Gasteiger partial charge is 0.416 e. The lowest BCUT2D eigenvalue weighted by atomic mass is 9.97. The van der Waals surface area contributed by atoms with Gasteiger partial charge in [0.1, 0.15) is 0 Å². The minimum atomic E-state index is -4.47. The molecule has 3 rings (SSSR count). The molecule has 0 saturated carbocycles. The fraction of sp³-hybridized carbons (Fsp3) is 0.400. The zero-order valence-electron chi connectivity index (χ0n) is 15.4. The number of alkyl halides is 3. The average Bonchev–Trinajstić information content (AvgIpc) is 3.01. The molecule has 1 aliphatic carbocycles. The van der Waals surface area contributed by atoms with Crippen LogP contribution in [0.1, 0.15) is 40.3 Å². The average molecular weight is 413 g/mol. The predicted octanol–water partition coefficient (Wildman–Crippen LogP) is 3.20. The van der Waals surface area contributed by atoms with Gasteiger partial charge in [0.15, 0.2) is 0 Å². The zero-order valence-corrected chi connectivity index (χ0v) is 16.2. The van der Waals surface area contributed by atoms with Crippen molar-refractivity contribution >= 4 is 10.0 Å². The molecular weight excluding hydrogens is 391 g/mol. The molecule has 0 amide bonds. The quantitative estimate of drug-likeness (QED) is 0.764. The van der Waals surface area contributed by atoms with Gasteiger partial charge in [-0.3, -0.25) is 0 Å². The number of aliphatic hydroxyl groups is 1. The van der Waals surface area contributed by atoms with Crippen molar-refractivity contribution in [2.24, 2.45) is 0 Å². The van der Waals surface area contributed by atoms with E-state index in [9.17, 15) is 26.7 Å². The summed E-state index contributed by atoms with van der Waals surface area (Å²) in [6.45, 7) is 1.12. The van der Waals surface area contributed by atoms with Crippen molar-refractivity contribution < 1.29 is 26.7 Å². The van der Waals surface area contributed by atoms with Crippen molar-refractivity contribution in [1.29, 1.82) is 0 Å². The Morgan fingerprint density at radius 3 is 2.36 bits per heavy atom. The normalized spacial score (nSPS) is 17.0. The lowest BCUT2D eigenvalue weighted by molar-refractivity contribution is -0.137. The van der Waals surface area contributed by atoms with Gasteiger partial charge < -0.3 is 5.11 Å². The number of nitrogens with one attached hydrogen (secondary N) is 1. The fourth-order valence-electron chi connectivity index (χ4n) is 3.56. The summed E-state index contributed by atoms with van der Waals surface area (Å²) >= 11 is 0. The van der Waals surface area contributed by atoms with Crippen molar-refractivity contribution in [1.82, 2.24) is 4.72 Å². The summed E-state index contributed by atoms with van der Waals surface area (Å²) in [5.41, 5.74) is 2.83. The summed E-state index contributed by atoms with van der Waals surface area (Å²) in [5.74, 6) is 0.0217. The van der Waals surface area contributed by atoms with E-state index in [2.05, 4.69) is 4.72 Å². The minimum Gasteiger partial charge on any atom is -0.392 e. The van der Waals surface area contributed by atoms with E-state index in [0.29, 0.717) is 24.8 Å². The van der Waals surface area contributed by atoms with E-state index >= 15 is 0 Å². The van der Waals surface area contributed by atoms with Gasteiger partial charge in [-0.1, -0.05) is 24.3 Å². The second-order valence-corrected chi connectivity index (χ2v) is 9.14. The summed E-state index contributed by atoms with van der Waals surface area (Å²) in [4.78, 5) is 0. The maximum Gasteiger partial charge on any atom is 0.416 e. The molecule has 0 aromatic heterocycles. The molecule has 28 heavy (non-hydrogen) atoms.